The number of aryl methyl sites for hydroxylation is 2. The van der Waals surface area contributed by atoms with Crippen LogP contribution in [0.5, 0.6) is 0 Å². The van der Waals surface area contributed by atoms with E-state index in [4.69, 9.17) is 0 Å². The standard InChI is InChI=1S/C13H19NSi/c1-10-7-6-8-11-12(15(3,4)5)9-14(2)13(10)11/h6-9H,1-5H3. The Balaban J connectivity index is 2.85. The zero-order chi connectivity index (χ0) is 11.2. The van der Waals surface area contributed by atoms with Crippen LogP contribution in [0.1, 0.15) is 5.56 Å². The van der Waals surface area contributed by atoms with Gasteiger partial charge in [0.1, 0.15) is 0 Å². The Labute approximate surface area is 92.7 Å². The van der Waals surface area contributed by atoms with Crippen molar-refractivity contribution < 1.29 is 0 Å². The molecule has 2 heteroatoms. The fourth-order valence-corrected chi connectivity index (χ4v) is 3.86. The number of nitrogens with zero attached hydrogens (tertiary/aromatic N) is 1. The Kier molecular flexibility index (Phi) is 2.27. The zero-order valence-electron chi connectivity index (χ0n) is 10.3. The van der Waals surface area contributed by atoms with Gasteiger partial charge < -0.3 is 4.57 Å². The van der Waals surface area contributed by atoms with Gasteiger partial charge in [-0.1, -0.05) is 37.8 Å². The maximum absolute atomic E-state index is 2.41. The average molecular weight is 217 g/mol. The van der Waals surface area contributed by atoms with Gasteiger partial charge in [-0.15, -0.1) is 0 Å². The Morgan fingerprint density at radius 1 is 1.13 bits per heavy atom. The van der Waals surface area contributed by atoms with Crippen molar-refractivity contribution in [3.63, 3.8) is 0 Å². The highest BCUT2D eigenvalue weighted by atomic mass is 28.3. The smallest absolute Gasteiger partial charge is 0.0804 e. The molecule has 2 aromatic rings. The lowest BCUT2D eigenvalue weighted by Crippen LogP contribution is -2.37. The van der Waals surface area contributed by atoms with Gasteiger partial charge in [-0.2, -0.15) is 0 Å². The monoisotopic (exact) mass is 217 g/mol. The van der Waals surface area contributed by atoms with Crippen molar-refractivity contribution in [2.75, 3.05) is 0 Å². The fourth-order valence-electron chi connectivity index (χ4n) is 2.27. The first-order valence-electron chi connectivity index (χ1n) is 5.46. The van der Waals surface area contributed by atoms with Crippen LogP contribution in [-0.2, 0) is 7.05 Å². The maximum atomic E-state index is 2.41. The summed E-state index contributed by atoms with van der Waals surface area (Å²) in [6, 6.07) is 6.62. The van der Waals surface area contributed by atoms with Gasteiger partial charge in [0.05, 0.1) is 13.6 Å². The molecule has 0 radical (unpaired) electrons. The number of rotatable bonds is 1. The second-order valence-corrected chi connectivity index (χ2v) is 10.4. The van der Waals surface area contributed by atoms with Crippen LogP contribution in [0, 0.1) is 6.92 Å². The second kappa shape index (κ2) is 3.24. The molecule has 15 heavy (non-hydrogen) atoms. The normalized spacial score (nSPS) is 12.3. The lowest BCUT2D eigenvalue weighted by molar-refractivity contribution is 0.966. The number of para-hydroxylation sites is 1. The summed E-state index contributed by atoms with van der Waals surface area (Å²) in [6.45, 7) is 9.41. The second-order valence-electron chi connectivity index (χ2n) is 5.37. The molecule has 0 bridgehead atoms. The Hall–Kier alpha value is -1.02. The van der Waals surface area contributed by atoms with Crippen molar-refractivity contribution in [3.8, 4) is 0 Å². The summed E-state index contributed by atoms with van der Waals surface area (Å²) < 4.78 is 2.28. The number of fused-ring (bicyclic) bond motifs is 1. The quantitative estimate of drug-likeness (QED) is 0.647. The van der Waals surface area contributed by atoms with E-state index in [-0.39, 0.29) is 0 Å². The molecule has 0 amide bonds. The Bertz CT molecular complexity index is 503. The zero-order valence-corrected chi connectivity index (χ0v) is 11.3. The molecule has 0 N–H and O–H groups in total. The Morgan fingerprint density at radius 2 is 1.80 bits per heavy atom. The summed E-state index contributed by atoms with van der Waals surface area (Å²) in [7, 11) is 0.931. The van der Waals surface area contributed by atoms with Crippen LogP contribution in [-0.4, -0.2) is 12.6 Å². The van der Waals surface area contributed by atoms with E-state index in [2.05, 4.69) is 62.6 Å². The summed E-state index contributed by atoms with van der Waals surface area (Å²) in [5, 5.41) is 3.03. The number of benzene rings is 1. The summed E-state index contributed by atoms with van der Waals surface area (Å²) >= 11 is 0. The molecule has 0 atom stereocenters. The van der Waals surface area contributed by atoms with Crippen molar-refractivity contribution in [2.24, 2.45) is 7.05 Å². The fraction of sp³-hybridized carbons (Fsp3) is 0.385. The third kappa shape index (κ3) is 1.63. The van der Waals surface area contributed by atoms with E-state index >= 15 is 0 Å². The first-order chi connectivity index (χ1) is 6.91. The van der Waals surface area contributed by atoms with E-state index < -0.39 is 8.07 Å². The van der Waals surface area contributed by atoms with E-state index in [1.165, 1.54) is 16.5 Å². The van der Waals surface area contributed by atoms with Gasteiger partial charge in [0.25, 0.3) is 0 Å². The van der Waals surface area contributed by atoms with Crippen LogP contribution in [0.25, 0.3) is 10.9 Å². The van der Waals surface area contributed by atoms with Crippen LogP contribution >= 0.6 is 0 Å². The SMILES string of the molecule is Cc1cccc2c([Si](C)(C)C)cn(C)c12. The molecule has 0 aliphatic carbocycles. The highest BCUT2D eigenvalue weighted by Gasteiger charge is 2.21. The lowest BCUT2D eigenvalue weighted by Gasteiger charge is -2.14. The van der Waals surface area contributed by atoms with E-state index in [0.717, 1.165) is 0 Å². The van der Waals surface area contributed by atoms with Gasteiger partial charge in [-0.25, -0.2) is 0 Å². The van der Waals surface area contributed by atoms with Gasteiger partial charge in [-0.3, -0.25) is 0 Å². The summed E-state index contributed by atoms with van der Waals surface area (Å²) in [5.41, 5.74) is 2.77. The van der Waals surface area contributed by atoms with Gasteiger partial charge in [0.2, 0.25) is 0 Å². The van der Waals surface area contributed by atoms with Crippen LogP contribution in [0.3, 0.4) is 0 Å². The highest BCUT2D eigenvalue weighted by molar-refractivity contribution is 6.90. The first kappa shape index (κ1) is 10.5. The minimum absolute atomic E-state index is 1.22. The number of aromatic nitrogens is 1. The van der Waals surface area contributed by atoms with Crippen LogP contribution in [0.2, 0.25) is 19.6 Å². The van der Waals surface area contributed by atoms with Crippen LogP contribution < -0.4 is 5.19 Å². The largest absolute Gasteiger partial charge is 0.350 e. The molecule has 0 aliphatic rings. The highest BCUT2D eigenvalue weighted by Crippen LogP contribution is 2.20. The molecule has 1 aromatic carbocycles. The van der Waals surface area contributed by atoms with Gasteiger partial charge >= 0.3 is 0 Å². The molecule has 0 fully saturated rings. The van der Waals surface area contributed by atoms with E-state index in [9.17, 15) is 0 Å². The molecule has 1 aromatic heterocycles. The summed E-state index contributed by atoms with van der Waals surface area (Å²) in [6.07, 6.45) is 2.32. The molecule has 0 saturated heterocycles. The van der Waals surface area contributed by atoms with Crippen molar-refractivity contribution in [2.45, 2.75) is 26.6 Å². The van der Waals surface area contributed by atoms with Crippen LogP contribution in [0.15, 0.2) is 24.4 Å². The molecular formula is C13H19NSi. The van der Waals surface area contributed by atoms with Crippen molar-refractivity contribution >= 4 is 24.2 Å². The minimum atomic E-state index is -1.22. The third-order valence-corrected chi connectivity index (χ3v) is 5.03. The summed E-state index contributed by atoms with van der Waals surface area (Å²) in [5.74, 6) is 0. The summed E-state index contributed by atoms with van der Waals surface area (Å²) in [4.78, 5) is 0. The molecule has 80 valence electrons. The van der Waals surface area contributed by atoms with Crippen molar-refractivity contribution in [1.29, 1.82) is 0 Å². The molecule has 0 saturated carbocycles. The van der Waals surface area contributed by atoms with Crippen LogP contribution in [0.4, 0.5) is 0 Å². The van der Waals surface area contributed by atoms with Gasteiger partial charge in [-0.05, 0) is 23.1 Å². The number of hydrogen-bond donors (Lipinski definition) is 0. The predicted octanol–water partition coefficient (Wildman–Crippen LogP) is 3.03. The lowest BCUT2D eigenvalue weighted by atomic mass is 10.2. The predicted molar refractivity (Wildman–Crippen MR) is 70.6 cm³/mol. The molecule has 0 spiro atoms. The van der Waals surface area contributed by atoms with E-state index in [0.29, 0.717) is 0 Å². The average Bonchev–Trinajstić information content (AvgIpc) is 2.44. The first-order valence-corrected chi connectivity index (χ1v) is 8.96. The molecule has 1 heterocycles. The van der Waals surface area contributed by atoms with Crippen molar-refractivity contribution in [1.82, 2.24) is 4.57 Å². The van der Waals surface area contributed by atoms with Crippen molar-refractivity contribution in [3.05, 3.63) is 30.0 Å². The van der Waals surface area contributed by atoms with E-state index in [1.807, 2.05) is 0 Å². The Morgan fingerprint density at radius 3 is 2.40 bits per heavy atom. The molecule has 2 rings (SSSR count). The topological polar surface area (TPSA) is 4.93 Å². The molecular weight excluding hydrogens is 198 g/mol. The molecule has 1 nitrogen and oxygen atoms in total. The molecule has 0 unspecified atom stereocenters. The maximum Gasteiger partial charge on any atom is 0.0804 e. The van der Waals surface area contributed by atoms with E-state index in [1.54, 1.807) is 5.19 Å². The molecule has 0 aliphatic heterocycles. The number of hydrogen-bond acceptors (Lipinski definition) is 0. The third-order valence-electron chi connectivity index (χ3n) is 3.01. The minimum Gasteiger partial charge on any atom is -0.350 e. The van der Waals surface area contributed by atoms with Gasteiger partial charge in [0.15, 0.2) is 0 Å². The van der Waals surface area contributed by atoms with Gasteiger partial charge in [0, 0.05) is 13.2 Å².